The first-order chi connectivity index (χ1) is 7.21. The van der Waals surface area contributed by atoms with Crippen LogP contribution in [0.4, 0.5) is 11.7 Å². The van der Waals surface area contributed by atoms with Gasteiger partial charge in [-0.3, -0.25) is 0 Å². The van der Waals surface area contributed by atoms with E-state index in [1.54, 1.807) is 26.0 Å². The molecule has 1 aromatic rings. The van der Waals surface area contributed by atoms with E-state index < -0.39 is 16.1 Å². The summed E-state index contributed by atoms with van der Waals surface area (Å²) < 4.78 is 38.4. The molecule has 0 fully saturated rings. The number of rotatable bonds is 3. The number of hydrogen-bond acceptors (Lipinski definition) is 0. The Kier molecular flexibility index (Phi) is 3.94. The Morgan fingerprint density at radius 2 is 1.50 bits per heavy atom. The van der Waals surface area contributed by atoms with Crippen LogP contribution in [0.15, 0.2) is 17.0 Å². The molecule has 4 heteroatoms. The second-order valence-electron chi connectivity index (χ2n) is 4.56. The molecule has 0 saturated heterocycles. The van der Waals surface area contributed by atoms with Crippen LogP contribution in [0.1, 0.15) is 30.5 Å². The summed E-state index contributed by atoms with van der Waals surface area (Å²) in [6, 6.07) is 3.34. The van der Waals surface area contributed by atoms with Crippen molar-refractivity contribution in [1.29, 1.82) is 0 Å². The van der Waals surface area contributed by atoms with Crippen molar-refractivity contribution in [3.8, 4) is 0 Å². The van der Waals surface area contributed by atoms with Crippen LogP contribution in [0.25, 0.3) is 0 Å². The van der Waals surface area contributed by atoms with Crippen molar-refractivity contribution >= 4 is 11.2 Å². The maximum absolute atomic E-state index is 12.8. The Balaban J connectivity index is 3.18. The minimum atomic E-state index is -5.11. The van der Waals surface area contributed by atoms with E-state index in [1.165, 1.54) is 0 Å². The topological polar surface area (TPSA) is 0 Å². The highest BCUT2D eigenvalue weighted by Crippen LogP contribution is 2.62. The smallest absolute Gasteiger partial charge is 0.120 e. The predicted molar refractivity (Wildman–Crippen MR) is 63.6 cm³/mol. The zero-order chi connectivity index (χ0) is 12.5. The average Bonchev–Trinajstić information content (AvgIpc) is 1.96. The Bertz CT molecular complexity index is 357. The summed E-state index contributed by atoms with van der Waals surface area (Å²) in [5.74, 6) is 0.461. The van der Waals surface area contributed by atoms with Gasteiger partial charge in [0.2, 0.25) is 11.2 Å². The monoisotopic (exact) mass is 250 g/mol. The van der Waals surface area contributed by atoms with Gasteiger partial charge in [0.1, 0.15) is 0 Å². The lowest BCUT2D eigenvalue weighted by molar-refractivity contribution is 0.628. The maximum atomic E-state index is 12.8. The number of halogens is 3. The number of benzene rings is 1. The zero-order valence-electron chi connectivity index (χ0n) is 9.98. The van der Waals surface area contributed by atoms with E-state index in [9.17, 15) is 11.7 Å². The molecule has 0 spiro atoms. The fourth-order valence-electron chi connectivity index (χ4n) is 1.99. The maximum Gasteiger partial charge on any atom is 0.238 e. The van der Waals surface area contributed by atoms with Gasteiger partial charge < -0.3 is 0 Å². The van der Waals surface area contributed by atoms with E-state index >= 15 is 0 Å². The van der Waals surface area contributed by atoms with Crippen LogP contribution in [0.5, 0.6) is 0 Å². The molecule has 16 heavy (non-hydrogen) atoms. The lowest BCUT2D eigenvalue weighted by atomic mass is 9.99. The van der Waals surface area contributed by atoms with Crippen LogP contribution in [-0.2, 0) is 6.42 Å². The normalized spacial score (nSPS) is 13.2. The van der Waals surface area contributed by atoms with E-state index in [2.05, 4.69) is 13.8 Å². The molecule has 0 unspecified atom stereocenters. The summed E-state index contributed by atoms with van der Waals surface area (Å²) in [6.45, 7) is 7.22. The minimum Gasteiger partial charge on any atom is -0.120 e. The Hall–Kier alpha value is -0.640. The van der Waals surface area contributed by atoms with Crippen molar-refractivity contribution in [2.24, 2.45) is 5.92 Å². The molecule has 0 saturated carbocycles. The van der Waals surface area contributed by atoms with Crippen molar-refractivity contribution in [1.82, 2.24) is 0 Å². The van der Waals surface area contributed by atoms with Gasteiger partial charge in [-0.1, -0.05) is 26.0 Å². The molecule has 92 valence electrons. The second kappa shape index (κ2) is 4.70. The molecule has 0 bridgehead atoms. The molecular weight excluding hydrogens is 233 g/mol. The first-order valence-electron chi connectivity index (χ1n) is 5.24. The Morgan fingerprint density at radius 1 is 1.06 bits per heavy atom. The highest BCUT2D eigenvalue weighted by atomic mass is 32.3. The summed E-state index contributed by atoms with van der Waals surface area (Å²) in [5.41, 5.74) is 1.72. The summed E-state index contributed by atoms with van der Waals surface area (Å²) in [6.07, 6.45) is 0.829. The fourth-order valence-corrected chi connectivity index (χ4v) is 2.84. The molecule has 0 N–H and O–H groups in total. The third kappa shape index (κ3) is 3.17. The molecule has 0 aliphatic rings. The van der Waals surface area contributed by atoms with Crippen LogP contribution in [0.2, 0.25) is 0 Å². The van der Waals surface area contributed by atoms with Crippen molar-refractivity contribution in [2.75, 3.05) is 0 Å². The average molecular weight is 250 g/mol. The number of aryl methyl sites for hydroxylation is 2. The molecule has 0 aromatic heterocycles. The zero-order valence-corrected chi connectivity index (χ0v) is 10.8. The third-order valence-corrected chi connectivity index (χ3v) is 3.50. The predicted octanol–water partition coefficient (Wildman–Crippen LogP) is 5.32. The highest BCUT2D eigenvalue weighted by Gasteiger charge is 2.28. The lowest BCUT2D eigenvalue weighted by Crippen LogP contribution is -1.98. The summed E-state index contributed by atoms with van der Waals surface area (Å²) in [4.78, 5) is -0.403. The van der Waals surface area contributed by atoms with Gasteiger partial charge in [-0.25, -0.2) is 0 Å². The van der Waals surface area contributed by atoms with E-state index in [0.717, 1.165) is 12.0 Å². The van der Waals surface area contributed by atoms with E-state index in [1.807, 2.05) is 0 Å². The van der Waals surface area contributed by atoms with Gasteiger partial charge >= 0.3 is 0 Å². The van der Waals surface area contributed by atoms with Crippen molar-refractivity contribution < 1.29 is 11.7 Å². The summed E-state index contributed by atoms with van der Waals surface area (Å²) >= 11 is -5.11. The minimum absolute atomic E-state index is 0.359. The van der Waals surface area contributed by atoms with Crippen LogP contribution < -0.4 is 0 Å². The summed E-state index contributed by atoms with van der Waals surface area (Å²) in [5, 5.41) is 0. The molecule has 0 heterocycles. The number of hydrogen-bond donors (Lipinski definition) is 0. The first-order valence-corrected chi connectivity index (χ1v) is 6.57. The third-order valence-electron chi connectivity index (χ3n) is 2.40. The molecule has 0 aliphatic heterocycles. The van der Waals surface area contributed by atoms with Crippen LogP contribution in [0.3, 0.4) is 0 Å². The molecule has 0 nitrogen and oxygen atoms in total. The molecule has 1 aromatic carbocycles. The fraction of sp³-hybridized carbons (Fsp3) is 0.500. The largest absolute Gasteiger partial charge is 0.238 e. The molecular formula is C12H17F3S. The van der Waals surface area contributed by atoms with Crippen molar-refractivity contribution in [2.45, 2.75) is 39.0 Å². The van der Waals surface area contributed by atoms with Gasteiger partial charge in [0.05, 0.1) is 4.90 Å². The SMILES string of the molecule is Cc1cc(CC(C)C)cc(C)c1S(F)(F)F. The van der Waals surface area contributed by atoms with E-state index in [0.29, 0.717) is 17.0 Å². The molecule has 0 aliphatic carbocycles. The van der Waals surface area contributed by atoms with Gasteiger partial charge in [-0.2, -0.15) is 0 Å². The van der Waals surface area contributed by atoms with Crippen molar-refractivity contribution in [3.05, 3.63) is 28.8 Å². The van der Waals surface area contributed by atoms with E-state index in [-0.39, 0.29) is 0 Å². The first kappa shape index (κ1) is 13.4. The Morgan fingerprint density at radius 3 is 1.81 bits per heavy atom. The van der Waals surface area contributed by atoms with Crippen LogP contribution in [0, 0.1) is 19.8 Å². The quantitative estimate of drug-likeness (QED) is 0.681. The van der Waals surface area contributed by atoms with Gasteiger partial charge in [0.25, 0.3) is 0 Å². The lowest BCUT2D eigenvalue weighted by Gasteiger charge is -2.18. The van der Waals surface area contributed by atoms with Crippen LogP contribution in [-0.4, -0.2) is 0 Å². The standard InChI is InChI=1S/C12H17F3S/c1-8(2)5-11-6-9(3)12(10(4)7-11)16(13,14)15/h6-8H,5H2,1-4H3. The molecule has 0 atom stereocenters. The summed E-state index contributed by atoms with van der Waals surface area (Å²) in [7, 11) is 0. The highest BCUT2D eigenvalue weighted by molar-refractivity contribution is 8.21. The van der Waals surface area contributed by atoms with E-state index in [4.69, 9.17) is 0 Å². The molecule has 0 amide bonds. The molecule has 0 radical (unpaired) electrons. The Labute approximate surface area is 97.1 Å². The van der Waals surface area contributed by atoms with Gasteiger partial charge in [0.15, 0.2) is 0 Å². The van der Waals surface area contributed by atoms with Crippen LogP contribution >= 0.6 is 11.2 Å². The van der Waals surface area contributed by atoms with Gasteiger partial charge in [-0.15, -0.1) is 11.7 Å². The van der Waals surface area contributed by atoms with Crippen molar-refractivity contribution in [3.63, 3.8) is 0 Å². The second-order valence-corrected chi connectivity index (χ2v) is 5.78. The van der Waals surface area contributed by atoms with Gasteiger partial charge in [0, 0.05) is 0 Å². The van der Waals surface area contributed by atoms with Gasteiger partial charge in [-0.05, 0) is 42.9 Å². The molecule has 1 rings (SSSR count).